The quantitative estimate of drug-likeness (QED) is 0.594. The molecule has 2 heterocycles. The molecule has 0 amide bonds. The van der Waals surface area contributed by atoms with Crippen molar-refractivity contribution in [3.05, 3.63) is 94.8 Å². The van der Waals surface area contributed by atoms with Gasteiger partial charge in [0.25, 0.3) is 0 Å². The van der Waals surface area contributed by atoms with Crippen molar-refractivity contribution in [3.63, 3.8) is 0 Å². The summed E-state index contributed by atoms with van der Waals surface area (Å²) in [6.45, 7) is 0. The van der Waals surface area contributed by atoms with Crippen LogP contribution in [-0.4, -0.2) is 9.97 Å². The van der Waals surface area contributed by atoms with Gasteiger partial charge < -0.3 is 0 Å². The number of nitrogens with zero attached hydrogens (tertiary/aromatic N) is 2. The summed E-state index contributed by atoms with van der Waals surface area (Å²) in [5.74, 6) is 0. The molecule has 1 fully saturated rings. The first-order chi connectivity index (χ1) is 12.4. The van der Waals surface area contributed by atoms with Crippen molar-refractivity contribution in [2.24, 2.45) is 0 Å². The lowest BCUT2D eigenvalue weighted by Crippen LogP contribution is -2.10. The highest BCUT2D eigenvalue weighted by molar-refractivity contribution is 7.19. The molecule has 2 aromatic heterocycles. The standard InChI is InChI=1S/C22H16N2S/c1-2-5-9-16(8-4-1)20-23-18-12-13-19(24-21(18)25-20)22(14-15-22)17-10-6-3-7-11-17/h1-4,6-13H,14-15H2. The van der Waals surface area contributed by atoms with Gasteiger partial charge in [-0.3, -0.25) is 0 Å². The smallest absolute Gasteiger partial charge is 0.144 e. The van der Waals surface area contributed by atoms with Crippen molar-refractivity contribution < 1.29 is 0 Å². The SMILES string of the molecule is C1=CC=CC=C(c2nc3ccc(C4(c5ccccc5)CC4)nc3s2)C=1. The fraction of sp³-hybridized carbons (Fsp3) is 0.136. The van der Waals surface area contributed by atoms with Crippen LogP contribution in [0.5, 0.6) is 0 Å². The molecule has 0 aliphatic heterocycles. The fourth-order valence-corrected chi connectivity index (χ4v) is 4.31. The highest BCUT2D eigenvalue weighted by Crippen LogP contribution is 2.53. The van der Waals surface area contributed by atoms with Crippen molar-refractivity contribution in [2.45, 2.75) is 18.3 Å². The molecular weight excluding hydrogens is 324 g/mol. The second-order valence-corrected chi connectivity index (χ2v) is 7.45. The lowest BCUT2D eigenvalue weighted by Gasteiger charge is -2.14. The van der Waals surface area contributed by atoms with Crippen LogP contribution in [0.4, 0.5) is 0 Å². The molecule has 5 rings (SSSR count). The number of benzene rings is 1. The molecule has 25 heavy (non-hydrogen) atoms. The summed E-state index contributed by atoms with van der Waals surface area (Å²) in [6, 6.07) is 15.0. The van der Waals surface area contributed by atoms with E-state index in [1.807, 2.05) is 24.3 Å². The molecule has 0 bridgehead atoms. The van der Waals surface area contributed by atoms with Crippen LogP contribution in [0.1, 0.15) is 29.1 Å². The van der Waals surface area contributed by atoms with Crippen molar-refractivity contribution in [2.75, 3.05) is 0 Å². The minimum Gasteiger partial charge on any atom is -0.239 e. The van der Waals surface area contributed by atoms with Crippen molar-refractivity contribution in [1.29, 1.82) is 0 Å². The van der Waals surface area contributed by atoms with E-state index in [9.17, 15) is 0 Å². The summed E-state index contributed by atoms with van der Waals surface area (Å²) in [5.41, 5.74) is 7.85. The van der Waals surface area contributed by atoms with Crippen LogP contribution < -0.4 is 0 Å². The Morgan fingerprint density at radius 2 is 1.84 bits per heavy atom. The molecule has 1 saturated carbocycles. The zero-order valence-electron chi connectivity index (χ0n) is 13.6. The Bertz CT molecular complexity index is 1080. The van der Waals surface area contributed by atoms with Crippen molar-refractivity contribution in [1.82, 2.24) is 9.97 Å². The highest BCUT2D eigenvalue weighted by Gasteiger charge is 2.47. The van der Waals surface area contributed by atoms with Gasteiger partial charge in [-0.2, -0.15) is 0 Å². The molecule has 3 aromatic rings. The number of hydrogen-bond donors (Lipinski definition) is 0. The molecule has 0 N–H and O–H groups in total. The van der Waals surface area contributed by atoms with Gasteiger partial charge in [-0.15, -0.1) is 5.73 Å². The number of aromatic nitrogens is 2. The van der Waals surface area contributed by atoms with Gasteiger partial charge in [0.05, 0.1) is 5.69 Å². The van der Waals surface area contributed by atoms with Crippen molar-refractivity contribution in [3.8, 4) is 0 Å². The summed E-state index contributed by atoms with van der Waals surface area (Å²) in [4.78, 5) is 10.8. The van der Waals surface area contributed by atoms with Crippen LogP contribution >= 0.6 is 11.3 Å². The van der Waals surface area contributed by atoms with Crippen molar-refractivity contribution >= 4 is 27.3 Å². The van der Waals surface area contributed by atoms with Crippen LogP contribution in [0.15, 0.2) is 78.6 Å². The highest BCUT2D eigenvalue weighted by atomic mass is 32.1. The van der Waals surface area contributed by atoms with Gasteiger partial charge in [0.2, 0.25) is 0 Å². The van der Waals surface area contributed by atoms with E-state index in [2.05, 4.69) is 54.3 Å². The van der Waals surface area contributed by atoms with E-state index in [4.69, 9.17) is 9.97 Å². The molecule has 0 spiro atoms. The molecule has 0 radical (unpaired) electrons. The lowest BCUT2D eigenvalue weighted by atomic mass is 9.92. The number of rotatable bonds is 3. The average molecular weight is 340 g/mol. The molecule has 0 atom stereocenters. The summed E-state index contributed by atoms with van der Waals surface area (Å²) >= 11 is 1.66. The summed E-state index contributed by atoms with van der Waals surface area (Å²) in [7, 11) is 0. The third-order valence-electron chi connectivity index (χ3n) is 4.89. The Kier molecular flexibility index (Phi) is 3.30. The summed E-state index contributed by atoms with van der Waals surface area (Å²) < 4.78 is 0. The maximum absolute atomic E-state index is 4.99. The monoisotopic (exact) mass is 340 g/mol. The maximum atomic E-state index is 4.99. The fourth-order valence-electron chi connectivity index (χ4n) is 3.37. The minimum absolute atomic E-state index is 0.104. The van der Waals surface area contributed by atoms with Crippen LogP contribution in [0, 0.1) is 0 Å². The van der Waals surface area contributed by atoms with Gasteiger partial charge in [0.15, 0.2) is 0 Å². The Morgan fingerprint density at radius 1 is 0.960 bits per heavy atom. The zero-order valence-corrected chi connectivity index (χ0v) is 14.5. The lowest BCUT2D eigenvalue weighted by molar-refractivity contribution is 0.811. The average Bonchev–Trinajstić information content (AvgIpc) is 3.42. The third kappa shape index (κ3) is 2.49. The molecule has 1 aromatic carbocycles. The van der Waals surface area contributed by atoms with Gasteiger partial charge in [-0.1, -0.05) is 59.9 Å². The number of allylic oxidation sites excluding steroid dienone is 5. The Labute approximate surface area is 150 Å². The first-order valence-electron chi connectivity index (χ1n) is 8.49. The number of fused-ring (bicyclic) bond motifs is 1. The van der Waals surface area contributed by atoms with E-state index in [1.54, 1.807) is 11.3 Å². The summed E-state index contributed by atoms with van der Waals surface area (Å²) in [5, 5.41) is 0.997. The topological polar surface area (TPSA) is 25.8 Å². The number of hydrogen-bond acceptors (Lipinski definition) is 3. The molecule has 0 unspecified atom stereocenters. The second kappa shape index (κ2) is 5.66. The van der Waals surface area contributed by atoms with E-state index < -0.39 is 0 Å². The molecule has 0 saturated heterocycles. The Morgan fingerprint density at radius 3 is 2.68 bits per heavy atom. The summed E-state index contributed by atoms with van der Waals surface area (Å²) in [6.07, 6.45) is 12.3. The largest absolute Gasteiger partial charge is 0.239 e. The van der Waals surface area contributed by atoms with E-state index >= 15 is 0 Å². The van der Waals surface area contributed by atoms with Crippen LogP contribution in [0.3, 0.4) is 0 Å². The van der Waals surface area contributed by atoms with Gasteiger partial charge in [-0.05, 0) is 42.7 Å². The first-order valence-corrected chi connectivity index (χ1v) is 9.30. The molecule has 120 valence electrons. The van der Waals surface area contributed by atoms with E-state index in [0.29, 0.717) is 0 Å². The molecule has 2 aliphatic rings. The molecule has 3 heteroatoms. The second-order valence-electron chi connectivity index (χ2n) is 6.47. The van der Waals surface area contributed by atoms with Gasteiger partial charge in [0.1, 0.15) is 15.4 Å². The van der Waals surface area contributed by atoms with E-state index in [-0.39, 0.29) is 5.41 Å². The van der Waals surface area contributed by atoms with Gasteiger partial charge >= 0.3 is 0 Å². The van der Waals surface area contributed by atoms with E-state index in [1.165, 1.54) is 24.1 Å². The molecular formula is C22H16N2S. The molecule has 2 nitrogen and oxygen atoms in total. The van der Waals surface area contributed by atoms with Crippen LogP contribution in [-0.2, 0) is 5.41 Å². The number of thiazole rings is 1. The predicted molar refractivity (Wildman–Crippen MR) is 104 cm³/mol. The first kappa shape index (κ1) is 14.6. The molecule has 2 aliphatic carbocycles. The van der Waals surface area contributed by atoms with Gasteiger partial charge in [0, 0.05) is 11.0 Å². The maximum Gasteiger partial charge on any atom is 0.144 e. The zero-order chi connectivity index (χ0) is 16.7. The number of pyridine rings is 1. The Balaban J connectivity index is 1.58. The van der Waals surface area contributed by atoms with E-state index in [0.717, 1.165) is 20.9 Å². The van der Waals surface area contributed by atoms with Crippen LogP contribution in [0.25, 0.3) is 15.9 Å². The van der Waals surface area contributed by atoms with Gasteiger partial charge in [-0.25, -0.2) is 9.97 Å². The Hall–Kier alpha value is -2.74. The minimum atomic E-state index is 0.104. The normalized spacial score (nSPS) is 17.5. The van der Waals surface area contributed by atoms with Crippen LogP contribution in [0.2, 0.25) is 0 Å². The predicted octanol–water partition coefficient (Wildman–Crippen LogP) is 5.44. The third-order valence-corrected chi connectivity index (χ3v) is 5.90.